The minimum Gasteiger partial charge on any atom is -0.465 e. The molecule has 1 aliphatic heterocycles. The van der Waals surface area contributed by atoms with Crippen LogP contribution in [-0.4, -0.2) is 64.4 Å². The molecule has 0 radical (unpaired) electrons. The van der Waals surface area contributed by atoms with Crippen molar-refractivity contribution in [1.29, 1.82) is 0 Å². The van der Waals surface area contributed by atoms with Gasteiger partial charge in [0.15, 0.2) is 0 Å². The molecule has 0 aromatic heterocycles. The summed E-state index contributed by atoms with van der Waals surface area (Å²) in [6.07, 6.45) is 2.00. The highest BCUT2D eigenvalue weighted by Gasteiger charge is 2.28. The summed E-state index contributed by atoms with van der Waals surface area (Å²) in [4.78, 5) is 14.2. The highest BCUT2D eigenvalue weighted by atomic mass is 32.2. The maximum absolute atomic E-state index is 12.9. The second kappa shape index (κ2) is 7.63. The Kier molecular flexibility index (Phi) is 6.01. The van der Waals surface area contributed by atoms with Crippen molar-refractivity contribution in [2.75, 3.05) is 40.8 Å². The molecule has 2 rings (SSSR count). The van der Waals surface area contributed by atoms with E-state index in [-0.39, 0.29) is 10.5 Å². The third-order valence-corrected chi connectivity index (χ3v) is 6.70. The van der Waals surface area contributed by atoms with Crippen LogP contribution in [0, 0.1) is 12.8 Å². The normalized spacial score (nSPS) is 17.2. The maximum Gasteiger partial charge on any atom is 0.338 e. The van der Waals surface area contributed by atoms with Crippen LogP contribution >= 0.6 is 0 Å². The Morgan fingerprint density at radius 3 is 2.54 bits per heavy atom. The summed E-state index contributed by atoms with van der Waals surface area (Å²) in [5.74, 6) is -0.160. The van der Waals surface area contributed by atoms with Gasteiger partial charge in [-0.25, -0.2) is 17.5 Å². The largest absolute Gasteiger partial charge is 0.465 e. The topological polar surface area (TPSA) is 66.9 Å². The fourth-order valence-corrected chi connectivity index (χ4v) is 4.59. The van der Waals surface area contributed by atoms with E-state index in [1.54, 1.807) is 32.2 Å². The smallest absolute Gasteiger partial charge is 0.338 e. The Morgan fingerprint density at radius 2 is 1.96 bits per heavy atom. The second-order valence-corrected chi connectivity index (χ2v) is 8.47. The predicted molar refractivity (Wildman–Crippen MR) is 92.6 cm³/mol. The molecule has 0 unspecified atom stereocenters. The number of methoxy groups -OCH3 is 1. The Morgan fingerprint density at radius 1 is 1.33 bits per heavy atom. The molecule has 7 heteroatoms. The number of likely N-dealkylation sites (tertiary alicyclic amines) is 1. The van der Waals surface area contributed by atoms with Gasteiger partial charge in [-0.15, -0.1) is 0 Å². The number of carbonyl (C=O) groups is 1. The lowest BCUT2D eigenvalue weighted by Gasteiger charge is -2.31. The number of carbonyl (C=O) groups excluding carboxylic acids is 1. The van der Waals surface area contributed by atoms with Crippen molar-refractivity contribution in [2.45, 2.75) is 24.7 Å². The highest BCUT2D eigenvalue weighted by molar-refractivity contribution is 7.89. The number of rotatable bonds is 5. The molecule has 1 aromatic carbocycles. The molecule has 0 atom stereocenters. The molecule has 1 aromatic rings. The van der Waals surface area contributed by atoms with E-state index in [1.165, 1.54) is 11.4 Å². The minimum atomic E-state index is -3.63. The van der Waals surface area contributed by atoms with E-state index in [2.05, 4.69) is 11.9 Å². The molecule has 24 heavy (non-hydrogen) atoms. The molecule has 0 saturated carbocycles. The summed E-state index contributed by atoms with van der Waals surface area (Å²) in [6.45, 7) is 4.13. The van der Waals surface area contributed by atoms with Crippen LogP contribution < -0.4 is 0 Å². The molecule has 134 valence electrons. The zero-order chi connectivity index (χ0) is 17.9. The number of benzene rings is 1. The van der Waals surface area contributed by atoms with E-state index in [4.69, 9.17) is 4.74 Å². The van der Waals surface area contributed by atoms with Gasteiger partial charge in [-0.1, -0.05) is 6.07 Å². The fraction of sp³-hybridized carbons (Fsp3) is 0.588. The monoisotopic (exact) mass is 354 g/mol. The van der Waals surface area contributed by atoms with Crippen molar-refractivity contribution in [3.8, 4) is 0 Å². The Balaban J connectivity index is 2.22. The Labute approximate surface area is 144 Å². The van der Waals surface area contributed by atoms with E-state index in [1.807, 2.05) is 0 Å². The number of hydrogen-bond donors (Lipinski definition) is 0. The minimum absolute atomic E-state index is 0.167. The van der Waals surface area contributed by atoms with Gasteiger partial charge >= 0.3 is 5.97 Å². The quantitative estimate of drug-likeness (QED) is 0.754. The first-order valence-corrected chi connectivity index (χ1v) is 9.54. The average Bonchev–Trinajstić information content (AvgIpc) is 2.56. The molecular formula is C17H26N2O4S. The van der Waals surface area contributed by atoms with Gasteiger partial charge in [-0.05, 0) is 63.5 Å². The van der Waals surface area contributed by atoms with Crippen molar-refractivity contribution in [1.82, 2.24) is 9.21 Å². The average molecular weight is 354 g/mol. The van der Waals surface area contributed by atoms with E-state index >= 15 is 0 Å². The third kappa shape index (κ3) is 3.96. The van der Waals surface area contributed by atoms with Gasteiger partial charge < -0.3 is 9.64 Å². The first kappa shape index (κ1) is 18.9. The lowest BCUT2D eigenvalue weighted by Crippen LogP contribution is -2.38. The zero-order valence-electron chi connectivity index (χ0n) is 14.8. The predicted octanol–water partition coefficient (Wildman–Crippen LogP) is 1.74. The van der Waals surface area contributed by atoms with Crippen LogP contribution in [0.15, 0.2) is 23.1 Å². The van der Waals surface area contributed by atoms with E-state index in [0.717, 1.165) is 25.9 Å². The number of ether oxygens (including phenoxy) is 1. The van der Waals surface area contributed by atoms with Crippen molar-refractivity contribution in [3.63, 3.8) is 0 Å². The molecule has 0 N–H and O–H groups in total. The van der Waals surface area contributed by atoms with Crippen molar-refractivity contribution >= 4 is 16.0 Å². The van der Waals surface area contributed by atoms with Crippen LogP contribution in [0.4, 0.5) is 0 Å². The van der Waals surface area contributed by atoms with E-state index < -0.39 is 16.0 Å². The molecule has 0 aliphatic carbocycles. The first-order valence-electron chi connectivity index (χ1n) is 8.10. The highest BCUT2D eigenvalue weighted by Crippen LogP contribution is 2.25. The molecule has 6 nitrogen and oxygen atoms in total. The van der Waals surface area contributed by atoms with Crippen molar-refractivity contribution < 1.29 is 17.9 Å². The molecule has 1 saturated heterocycles. The van der Waals surface area contributed by atoms with Gasteiger partial charge in [0, 0.05) is 13.6 Å². The maximum atomic E-state index is 12.9. The van der Waals surface area contributed by atoms with Crippen LogP contribution in [0.3, 0.4) is 0 Å². The molecule has 0 amide bonds. The van der Waals surface area contributed by atoms with Crippen molar-refractivity contribution in [2.24, 2.45) is 5.92 Å². The van der Waals surface area contributed by atoms with Gasteiger partial charge in [-0.3, -0.25) is 0 Å². The molecular weight excluding hydrogens is 328 g/mol. The van der Waals surface area contributed by atoms with Crippen LogP contribution in [0.5, 0.6) is 0 Å². The van der Waals surface area contributed by atoms with Crippen LogP contribution in [-0.2, 0) is 14.8 Å². The molecule has 1 fully saturated rings. The Hall–Kier alpha value is -1.44. The number of sulfonamides is 1. The van der Waals surface area contributed by atoms with Crippen LogP contribution in [0.25, 0.3) is 0 Å². The van der Waals surface area contributed by atoms with E-state index in [0.29, 0.717) is 18.0 Å². The van der Waals surface area contributed by atoms with Crippen LogP contribution in [0.2, 0.25) is 0 Å². The molecule has 1 heterocycles. The van der Waals surface area contributed by atoms with Gasteiger partial charge in [0.1, 0.15) is 0 Å². The Bertz CT molecular complexity index is 695. The summed E-state index contributed by atoms with van der Waals surface area (Å²) >= 11 is 0. The standard InChI is InChI=1S/C17H26N2O4S/c1-13-15(17(20)23-4)6-5-7-16(13)24(21,22)19(3)12-14-8-10-18(2)11-9-14/h5-7,14H,8-12H2,1-4H3. The van der Waals surface area contributed by atoms with Gasteiger partial charge in [0.2, 0.25) is 10.0 Å². The SMILES string of the molecule is COC(=O)c1cccc(S(=O)(=O)N(C)CC2CCN(C)CC2)c1C. The summed E-state index contributed by atoms with van der Waals surface area (Å²) in [5, 5.41) is 0. The van der Waals surface area contributed by atoms with E-state index in [9.17, 15) is 13.2 Å². The van der Waals surface area contributed by atoms with Crippen molar-refractivity contribution in [3.05, 3.63) is 29.3 Å². The molecule has 0 spiro atoms. The first-order chi connectivity index (χ1) is 11.3. The van der Waals surface area contributed by atoms with Gasteiger partial charge in [0.25, 0.3) is 0 Å². The lowest BCUT2D eigenvalue weighted by atomic mass is 9.97. The summed E-state index contributed by atoms with van der Waals surface area (Å²) < 4.78 is 32.0. The van der Waals surface area contributed by atoms with Gasteiger partial charge in [-0.2, -0.15) is 0 Å². The number of hydrogen-bond acceptors (Lipinski definition) is 5. The van der Waals surface area contributed by atoms with Gasteiger partial charge in [0.05, 0.1) is 17.6 Å². The molecule has 0 bridgehead atoms. The van der Waals surface area contributed by atoms with Crippen LogP contribution in [0.1, 0.15) is 28.8 Å². The lowest BCUT2D eigenvalue weighted by molar-refractivity contribution is 0.0599. The number of esters is 1. The number of piperidine rings is 1. The zero-order valence-corrected chi connectivity index (χ0v) is 15.6. The molecule has 1 aliphatic rings. The fourth-order valence-electron chi connectivity index (χ4n) is 3.10. The summed E-state index contributed by atoms with van der Waals surface area (Å²) in [5.41, 5.74) is 0.714. The third-order valence-electron chi connectivity index (χ3n) is 4.73. The summed E-state index contributed by atoms with van der Waals surface area (Å²) in [6, 6.07) is 4.70. The number of nitrogens with zero attached hydrogens (tertiary/aromatic N) is 2. The second-order valence-electron chi connectivity index (χ2n) is 6.45. The summed E-state index contributed by atoms with van der Waals surface area (Å²) in [7, 11) is 1.34.